The predicted molar refractivity (Wildman–Crippen MR) is 153 cm³/mol. The van der Waals surface area contributed by atoms with Gasteiger partial charge in [-0.25, -0.2) is 13.8 Å². The molecular weight excluding hydrogens is 514 g/mol. The van der Waals surface area contributed by atoms with Crippen molar-refractivity contribution < 1.29 is 8.78 Å². The number of benzene rings is 3. The summed E-state index contributed by atoms with van der Waals surface area (Å²) >= 11 is 6.01. The number of aliphatic imine (C=N–C) groups is 1. The fourth-order valence-electron chi connectivity index (χ4n) is 5.42. The summed E-state index contributed by atoms with van der Waals surface area (Å²) in [5.74, 6) is -0.115. The van der Waals surface area contributed by atoms with Crippen LogP contribution in [0, 0.1) is 11.6 Å². The van der Waals surface area contributed by atoms with Crippen LogP contribution >= 0.6 is 11.6 Å². The van der Waals surface area contributed by atoms with E-state index in [-0.39, 0.29) is 11.6 Å². The summed E-state index contributed by atoms with van der Waals surface area (Å²) in [6.07, 6.45) is 3.23. The second-order valence-electron chi connectivity index (χ2n) is 10.1. The highest BCUT2D eigenvalue weighted by molar-refractivity contribution is 6.30. The molecule has 1 atom stereocenters. The lowest BCUT2D eigenvalue weighted by atomic mass is 10.00. The maximum Gasteiger partial charge on any atom is 0.135 e. The minimum absolute atomic E-state index is 0.00533. The molecule has 2 aliphatic heterocycles. The monoisotopic (exact) mass is 542 g/mol. The van der Waals surface area contributed by atoms with Crippen molar-refractivity contribution in [3.05, 3.63) is 118 Å². The number of pyridine rings is 1. The van der Waals surface area contributed by atoms with E-state index in [0.717, 1.165) is 66.7 Å². The molecule has 3 aromatic carbocycles. The van der Waals surface area contributed by atoms with Crippen molar-refractivity contribution in [2.24, 2.45) is 4.99 Å². The summed E-state index contributed by atoms with van der Waals surface area (Å²) in [4.78, 5) is 14.2. The summed E-state index contributed by atoms with van der Waals surface area (Å²) < 4.78 is 28.4. The van der Waals surface area contributed by atoms with Crippen LogP contribution in [0.15, 0.2) is 90.1 Å². The van der Waals surface area contributed by atoms with Gasteiger partial charge in [-0.3, -0.25) is 9.89 Å². The summed E-state index contributed by atoms with van der Waals surface area (Å²) in [5.41, 5.74) is 4.96. The molecule has 0 bridgehead atoms. The zero-order valence-electron chi connectivity index (χ0n) is 21.5. The van der Waals surface area contributed by atoms with Crippen molar-refractivity contribution in [3.63, 3.8) is 0 Å². The molecule has 0 saturated carbocycles. The molecule has 7 heteroatoms. The maximum absolute atomic E-state index is 14.2. The molecule has 0 radical (unpaired) electrons. The van der Waals surface area contributed by atoms with Gasteiger partial charge in [0, 0.05) is 55.2 Å². The fourth-order valence-corrected chi connectivity index (χ4v) is 5.55. The molecule has 1 aromatic heterocycles. The van der Waals surface area contributed by atoms with Gasteiger partial charge in [0.15, 0.2) is 0 Å². The fraction of sp³-hybridized carbons (Fsp3) is 0.250. The lowest BCUT2D eigenvalue weighted by Crippen LogP contribution is -2.46. The lowest BCUT2D eigenvalue weighted by Gasteiger charge is -2.35. The Balaban J connectivity index is 1.07. The Morgan fingerprint density at radius 3 is 2.15 bits per heavy atom. The van der Waals surface area contributed by atoms with Gasteiger partial charge in [-0.15, -0.1) is 0 Å². The molecule has 1 fully saturated rings. The molecule has 1 unspecified atom stereocenters. The highest BCUT2D eigenvalue weighted by Gasteiger charge is 2.24. The summed E-state index contributed by atoms with van der Waals surface area (Å²) in [6.45, 7) is 4.79. The van der Waals surface area contributed by atoms with E-state index in [1.807, 2.05) is 18.3 Å². The first-order valence-corrected chi connectivity index (χ1v) is 13.7. The minimum atomic E-state index is -0.555. The smallest absolute Gasteiger partial charge is 0.135 e. The second-order valence-corrected chi connectivity index (χ2v) is 10.6. The average Bonchev–Trinajstić information content (AvgIpc) is 3.45. The van der Waals surface area contributed by atoms with E-state index < -0.39 is 11.6 Å². The molecule has 4 nitrogen and oxygen atoms in total. The van der Waals surface area contributed by atoms with Crippen molar-refractivity contribution >= 4 is 23.1 Å². The van der Waals surface area contributed by atoms with Crippen LogP contribution in [0.25, 0.3) is 11.1 Å². The van der Waals surface area contributed by atoms with Crippen LogP contribution in [0.5, 0.6) is 0 Å². The molecule has 0 spiro atoms. The number of anilines is 1. The Kier molecular flexibility index (Phi) is 7.40. The third-order valence-corrected chi connectivity index (χ3v) is 7.86. The standard InChI is InChI=1S/C32H29ClF2N4/c33-26-11-4-22(5-12-26)21-38-16-18-39(19-17-38)31-15-10-25(20-36-31)23-6-8-24(9-7-23)29-13-14-30(37-29)32-27(34)2-1-3-28(32)35/h1-12,15,20,29H,13-14,16-19,21H2. The van der Waals surface area contributed by atoms with E-state index in [1.165, 1.54) is 23.8 Å². The van der Waals surface area contributed by atoms with Crippen LogP contribution in [-0.4, -0.2) is 41.8 Å². The number of hydrogen-bond acceptors (Lipinski definition) is 4. The van der Waals surface area contributed by atoms with Crippen LogP contribution in [0.3, 0.4) is 0 Å². The van der Waals surface area contributed by atoms with Gasteiger partial charge < -0.3 is 4.90 Å². The first-order chi connectivity index (χ1) is 19.0. The van der Waals surface area contributed by atoms with Gasteiger partial charge in [-0.05, 0) is 65.9 Å². The molecule has 0 N–H and O–H groups in total. The van der Waals surface area contributed by atoms with Crippen molar-refractivity contribution in [1.29, 1.82) is 0 Å². The maximum atomic E-state index is 14.2. The molecule has 1 saturated heterocycles. The number of rotatable bonds is 6. The molecular formula is C32H29ClF2N4. The van der Waals surface area contributed by atoms with Crippen molar-refractivity contribution in [2.75, 3.05) is 31.1 Å². The molecule has 2 aliphatic rings. The van der Waals surface area contributed by atoms with Crippen LogP contribution in [0.2, 0.25) is 5.02 Å². The minimum Gasteiger partial charge on any atom is -0.354 e. The number of piperazine rings is 1. The number of halogens is 3. The van der Waals surface area contributed by atoms with Gasteiger partial charge in [0.25, 0.3) is 0 Å². The summed E-state index contributed by atoms with van der Waals surface area (Å²) in [5, 5.41) is 0.769. The van der Waals surface area contributed by atoms with E-state index in [4.69, 9.17) is 16.6 Å². The van der Waals surface area contributed by atoms with E-state index >= 15 is 0 Å². The highest BCUT2D eigenvalue weighted by atomic mass is 35.5. The predicted octanol–water partition coefficient (Wildman–Crippen LogP) is 7.33. The van der Waals surface area contributed by atoms with Gasteiger partial charge in [0.2, 0.25) is 0 Å². The number of nitrogens with zero attached hydrogens (tertiary/aromatic N) is 4. The number of aromatic nitrogens is 1. The lowest BCUT2D eigenvalue weighted by molar-refractivity contribution is 0.249. The van der Waals surface area contributed by atoms with Crippen molar-refractivity contribution in [3.8, 4) is 11.1 Å². The Morgan fingerprint density at radius 1 is 0.795 bits per heavy atom. The van der Waals surface area contributed by atoms with Gasteiger partial charge in [-0.1, -0.05) is 54.1 Å². The average molecular weight is 543 g/mol. The van der Waals surface area contributed by atoms with Gasteiger partial charge in [0.1, 0.15) is 17.5 Å². The Hall–Kier alpha value is -3.61. The SMILES string of the molecule is Fc1cccc(F)c1C1=NC(c2ccc(-c3ccc(N4CCN(Cc5ccc(Cl)cc5)CC4)nc3)cc2)CC1. The highest BCUT2D eigenvalue weighted by Crippen LogP contribution is 2.33. The zero-order valence-corrected chi connectivity index (χ0v) is 22.3. The molecule has 3 heterocycles. The molecule has 0 amide bonds. The topological polar surface area (TPSA) is 31.7 Å². The Labute approximate surface area is 232 Å². The second kappa shape index (κ2) is 11.2. The summed E-state index contributed by atoms with van der Waals surface area (Å²) in [6, 6.07) is 24.4. The van der Waals surface area contributed by atoms with Crippen LogP contribution in [0.1, 0.15) is 35.6 Å². The van der Waals surface area contributed by atoms with Gasteiger partial charge in [0.05, 0.1) is 11.6 Å². The van der Waals surface area contributed by atoms with Gasteiger partial charge in [-0.2, -0.15) is 0 Å². The van der Waals surface area contributed by atoms with Crippen molar-refractivity contribution in [1.82, 2.24) is 9.88 Å². The van der Waals surface area contributed by atoms with E-state index in [9.17, 15) is 8.78 Å². The third kappa shape index (κ3) is 5.72. The van der Waals surface area contributed by atoms with Crippen LogP contribution in [-0.2, 0) is 6.54 Å². The Morgan fingerprint density at radius 2 is 1.49 bits per heavy atom. The normalized spacial score (nSPS) is 17.9. The summed E-state index contributed by atoms with van der Waals surface area (Å²) in [7, 11) is 0. The Bertz CT molecular complexity index is 1440. The third-order valence-electron chi connectivity index (χ3n) is 7.61. The molecule has 6 rings (SSSR count). The largest absolute Gasteiger partial charge is 0.354 e. The van der Waals surface area contributed by atoms with Crippen LogP contribution in [0.4, 0.5) is 14.6 Å². The van der Waals surface area contributed by atoms with E-state index in [2.05, 4.69) is 63.3 Å². The van der Waals surface area contributed by atoms with Crippen molar-refractivity contribution in [2.45, 2.75) is 25.4 Å². The first kappa shape index (κ1) is 25.7. The molecule has 39 heavy (non-hydrogen) atoms. The van der Waals surface area contributed by atoms with E-state index in [1.54, 1.807) is 0 Å². The van der Waals surface area contributed by atoms with E-state index in [0.29, 0.717) is 12.1 Å². The zero-order chi connectivity index (χ0) is 26.8. The quantitative estimate of drug-likeness (QED) is 0.256. The number of hydrogen-bond donors (Lipinski definition) is 0. The first-order valence-electron chi connectivity index (χ1n) is 13.3. The molecule has 4 aromatic rings. The molecule has 0 aliphatic carbocycles. The van der Waals surface area contributed by atoms with Crippen LogP contribution < -0.4 is 4.90 Å². The molecule has 198 valence electrons. The van der Waals surface area contributed by atoms with Gasteiger partial charge >= 0.3 is 0 Å².